The molecule has 0 fully saturated rings. The van der Waals surface area contributed by atoms with E-state index in [1.54, 1.807) is 0 Å². The molecule has 3 amide bonds. The molecule has 98 valence electrons. The van der Waals surface area contributed by atoms with Gasteiger partial charge in [0.1, 0.15) is 11.6 Å². The first-order valence-corrected chi connectivity index (χ1v) is 5.34. The Labute approximate surface area is 99.7 Å². The highest BCUT2D eigenvalue weighted by atomic mass is 16.4. The summed E-state index contributed by atoms with van der Waals surface area (Å²) in [6.45, 7) is 4.64. The molecule has 0 aromatic rings. The molecule has 7 heteroatoms. The minimum absolute atomic E-state index is 0.292. The van der Waals surface area contributed by atoms with E-state index in [4.69, 9.17) is 10.8 Å². The van der Waals surface area contributed by atoms with E-state index in [2.05, 4.69) is 10.6 Å². The van der Waals surface area contributed by atoms with Gasteiger partial charge in [0.2, 0.25) is 5.91 Å². The molecule has 0 aliphatic rings. The topological polar surface area (TPSA) is 122 Å². The lowest BCUT2D eigenvalue weighted by molar-refractivity contribution is -0.144. The van der Waals surface area contributed by atoms with Crippen LogP contribution in [-0.4, -0.2) is 34.6 Å². The quantitative estimate of drug-likeness (QED) is 0.517. The molecule has 0 aliphatic heterocycles. The average Bonchev–Trinajstić information content (AvgIpc) is 2.16. The normalized spacial score (nSPS) is 15.5. The summed E-state index contributed by atoms with van der Waals surface area (Å²) in [5.74, 6) is -1.81. The van der Waals surface area contributed by atoms with E-state index in [9.17, 15) is 14.4 Å². The van der Waals surface area contributed by atoms with Gasteiger partial charge in [-0.3, -0.25) is 4.79 Å². The molecule has 0 spiro atoms. The molecule has 2 atom stereocenters. The summed E-state index contributed by atoms with van der Waals surface area (Å²) < 4.78 is 0. The number of primary amides is 1. The summed E-state index contributed by atoms with van der Waals surface area (Å²) in [6, 6.07) is -1.58. The molecule has 0 heterocycles. The minimum Gasteiger partial charge on any atom is -0.480 e. The van der Waals surface area contributed by atoms with Crippen LogP contribution in [0.1, 0.15) is 33.6 Å². The third kappa shape index (κ3) is 4.71. The zero-order valence-corrected chi connectivity index (χ0v) is 10.2. The van der Waals surface area contributed by atoms with Crippen molar-refractivity contribution in [2.75, 3.05) is 0 Å². The largest absolute Gasteiger partial charge is 0.480 e. The fourth-order valence-corrected chi connectivity index (χ4v) is 1.28. The van der Waals surface area contributed by atoms with Gasteiger partial charge >= 0.3 is 12.0 Å². The number of rotatable bonds is 6. The molecule has 2 unspecified atom stereocenters. The first-order valence-electron chi connectivity index (χ1n) is 5.34. The Morgan fingerprint density at radius 3 is 2.29 bits per heavy atom. The van der Waals surface area contributed by atoms with E-state index in [-0.39, 0.29) is 0 Å². The van der Waals surface area contributed by atoms with Crippen LogP contribution in [0, 0.1) is 0 Å². The second-order valence-electron chi connectivity index (χ2n) is 4.11. The van der Waals surface area contributed by atoms with Crippen LogP contribution in [0.25, 0.3) is 0 Å². The lowest BCUT2D eigenvalue weighted by Gasteiger charge is -2.26. The van der Waals surface area contributed by atoms with Crippen LogP contribution < -0.4 is 16.4 Å². The molecule has 0 aromatic heterocycles. The number of carbonyl (C=O) groups is 3. The van der Waals surface area contributed by atoms with E-state index in [1.165, 1.54) is 13.8 Å². The molecule has 0 rings (SSSR count). The Morgan fingerprint density at radius 2 is 1.94 bits per heavy atom. The maximum atomic E-state index is 11.5. The summed E-state index contributed by atoms with van der Waals surface area (Å²) in [4.78, 5) is 33.2. The van der Waals surface area contributed by atoms with Crippen LogP contribution in [-0.2, 0) is 9.59 Å². The molecular weight excluding hydrogens is 226 g/mol. The van der Waals surface area contributed by atoms with Crippen molar-refractivity contribution in [3.63, 3.8) is 0 Å². The summed E-state index contributed by atoms with van der Waals surface area (Å²) in [5.41, 5.74) is 3.62. The fourth-order valence-electron chi connectivity index (χ4n) is 1.28. The smallest absolute Gasteiger partial charge is 0.329 e. The van der Waals surface area contributed by atoms with Crippen LogP contribution in [0.5, 0.6) is 0 Å². The monoisotopic (exact) mass is 245 g/mol. The van der Waals surface area contributed by atoms with Gasteiger partial charge in [-0.15, -0.1) is 0 Å². The highest BCUT2D eigenvalue weighted by molar-refractivity contribution is 5.89. The zero-order chi connectivity index (χ0) is 13.6. The number of carbonyl (C=O) groups excluding carboxylic acids is 2. The number of amides is 3. The van der Waals surface area contributed by atoms with E-state index >= 15 is 0 Å². The SMILES string of the molecule is CCCC(C)(NC(=O)NC(C)C(N)=O)C(=O)O. The number of nitrogens with two attached hydrogens (primary N) is 1. The molecule has 0 aromatic carbocycles. The van der Waals surface area contributed by atoms with Crippen LogP contribution in [0.4, 0.5) is 4.79 Å². The number of hydrogen-bond acceptors (Lipinski definition) is 3. The van der Waals surface area contributed by atoms with Gasteiger partial charge in [0.15, 0.2) is 0 Å². The summed E-state index contributed by atoms with van der Waals surface area (Å²) in [7, 11) is 0. The van der Waals surface area contributed by atoms with Crippen molar-refractivity contribution in [2.24, 2.45) is 5.73 Å². The number of carboxylic acids is 1. The van der Waals surface area contributed by atoms with Crippen LogP contribution in [0.15, 0.2) is 0 Å². The standard InChI is InChI=1S/C10H19N3O4/c1-4-5-10(3,8(15)16)13-9(17)12-6(2)7(11)14/h6H,4-5H2,1-3H3,(H2,11,14)(H,15,16)(H2,12,13,17). The van der Waals surface area contributed by atoms with Crippen molar-refractivity contribution in [1.82, 2.24) is 10.6 Å². The Kier molecular flexibility index (Phi) is 5.43. The maximum absolute atomic E-state index is 11.5. The van der Waals surface area contributed by atoms with Crippen LogP contribution in [0.3, 0.4) is 0 Å². The summed E-state index contributed by atoms with van der Waals surface area (Å²) >= 11 is 0. The fraction of sp³-hybridized carbons (Fsp3) is 0.700. The van der Waals surface area contributed by atoms with Crippen LogP contribution >= 0.6 is 0 Å². The molecule has 0 bridgehead atoms. The third-order valence-electron chi connectivity index (χ3n) is 2.39. The lowest BCUT2D eigenvalue weighted by atomic mass is 9.97. The Morgan fingerprint density at radius 1 is 1.41 bits per heavy atom. The lowest BCUT2D eigenvalue weighted by Crippen LogP contribution is -2.57. The number of aliphatic carboxylic acids is 1. The Balaban J connectivity index is 4.52. The predicted octanol–water partition coefficient (Wildman–Crippen LogP) is -0.197. The van der Waals surface area contributed by atoms with Crippen molar-refractivity contribution in [3.05, 3.63) is 0 Å². The van der Waals surface area contributed by atoms with Gasteiger partial charge in [0, 0.05) is 0 Å². The van der Waals surface area contributed by atoms with Crippen molar-refractivity contribution >= 4 is 17.9 Å². The Hall–Kier alpha value is -1.79. The van der Waals surface area contributed by atoms with Gasteiger partial charge < -0.3 is 21.5 Å². The number of carboxylic acid groups (broad SMARTS) is 1. The van der Waals surface area contributed by atoms with Crippen molar-refractivity contribution in [1.29, 1.82) is 0 Å². The van der Waals surface area contributed by atoms with Crippen molar-refractivity contribution < 1.29 is 19.5 Å². The van der Waals surface area contributed by atoms with Gasteiger partial charge in [0.05, 0.1) is 0 Å². The van der Waals surface area contributed by atoms with Crippen molar-refractivity contribution in [2.45, 2.75) is 45.2 Å². The summed E-state index contributed by atoms with van der Waals surface area (Å²) in [6.07, 6.45) is 0.898. The molecule has 0 aliphatic carbocycles. The highest BCUT2D eigenvalue weighted by Crippen LogP contribution is 2.12. The van der Waals surface area contributed by atoms with E-state index in [0.717, 1.165) is 0 Å². The molecule has 5 N–H and O–H groups in total. The van der Waals surface area contributed by atoms with E-state index < -0.39 is 29.5 Å². The Bertz CT molecular complexity index is 319. The molecule has 0 saturated heterocycles. The first-order chi connectivity index (χ1) is 7.73. The van der Waals surface area contributed by atoms with Gasteiger partial charge in [-0.05, 0) is 20.3 Å². The number of urea groups is 1. The van der Waals surface area contributed by atoms with Gasteiger partial charge in [-0.25, -0.2) is 9.59 Å². The molecule has 7 nitrogen and oxygen atoms in total. The van der Waals surface area contributed by atoms with E-state index in [1.807, 2.05) is 6.92 Å². The molecule has 0 radical (unpaired) electrons. The average molecular weight is 245 g/mol. The van der Waals surface area contributed by atoms with Gasteiger partial charge in [-0.1, -0.05) is 13.3 Å². The van der Waals surface area contributed by atoms with Gasteiger partial charge in [-0.2, -0.15) is 0 Å². The number of hydrogen-bond donors (Lipinski definition) is 4. The number of nitrogens with one attached hydrogen (secondary N) is 2. The second kappa shape index (κ2) is 6.07. The molecule has 17 heavy (non-hydrogen) atoms. The van der Waals surface area contributed by atoms with Gasteiger partial charge in [0.25, 0.3) is 0 Å². The highest BCUT2D eigenvalue weighted by Gasteiger charge is 2.34. The molecule has 0 saturated carbocycles. The van der Waals surface area contributed by atoms with E-state index in [0.29, 0.717) is 12.8 Å². The first kappa shape index (κ1) is 15.2. The molecular formula is C10H19N3O4. The maximum Gasteiger partial charge on any atom is 0.329 e. The van der Waals surface area contributed by atoms with Crippen LogP contribution in [0.2, 0.25) is 0 Å². The third-order valence-corrected chi connectivity index (χ3v) is 2.39. The summed E-state index contributed by atoms with van der Waals surface area (Å²) in [5, 5.41) is 13.6. The zero-order valence-electron chi connectivity index (χ0n) is 10.2. The minimum atomic E-state index is -1.35. The predicted molar refractivity (Wildman–Crippen MR) is 61.3 cm³/mol. The second-order valence-corrected chi connectivity index (χ2v) is 4.11. The van der Waals surface area contributed by atoms with Crippen molar-refractivity contribution in [3.8, 4) is 0 Å².